The van der Waals surface area contributed by atoms with E-state index in [1.807, 2.05) is 60.7 Å². The van der Waals surface area contributed by atoms with Crippen molar-refractivity contribution in [1.29, 1.82) is 0 Å². The number of para-hydroxylation sites is 1. The molecule has 1 fully saturated rings. The normalized spacial score (nSPS) is 17.4. The maximum atomic E-state index is 12.4. The number of alkyl carbamates (subject to hydrolysis) is 1. The Hall–Kier alpha value is -4.60. The van der Waals surface area contributed by atoms with E-state index in [1.165, 1.54) is 4.90 Å². The lowest BCUT2D eigenvalue weighted by molar-refractivity contribution is 0.0885. The van der Waals surface area contributed by atoms with Crippen molar-refractivity contribution in [1.82, 2.24) is 25.2 Å². The van der Waals surface area contributed by atoms with Crippen molar-refractivity contribution < 1.29 is 24.2 Å². The number of aromatic nitrogens is 3. The van der Waals surface area contributed by atoms with Crippen LogP contribution in [0.15, 0.2) is 66.9 Å². The molecule has 2 atom stereocenters. The number of nitrogens with one attached hydrogen (secondary N) is 2. The Morgan fingerprint density at radius 1 is 1.16 bits per heavy atom. The molecule has 4 aromatic rings. The van der Waals surface area contributed by atoms with Gasteiger partial charge in [0.1, 0.15) is 12.4 Å². The number of nitrogens with zero attached hydrogens (tertiary/aromatic N) is 3. The van der Waals surface area contributed by atoms with Crippen molar-refractivity contribution in [3.05, 3.63) is 78.2 Å². The van der Waals surface area contributed by atoms with Gasteiger partial charge in [0.25, 0.3) is 0 Å². The first kappa shape index (κ1) is 24.1. The average molecular weight is 502 g/mol. The van der Waals surface area contributed by atoms with Gasteiger partial charge in [0.05, 0.1) is 36.1 Å². The van der Waals surface area contributed by atoms with Crippen LogP contribution >= 0.6 is 0 Å². The molecule has 3 heterocycles. The van der Waals surface area contributed by atoms with E-state index in [-0.39, 0.29) is 19.2 Å². The Labute approximate surface area is 213 Å². The second-order valence-corrected chi connectivity index (χ2v) is 8.84. The molecule has 1 aliphatic rings. The van der Waals surface area contributed by atoms with Gasteiger partial charge in [0.2, 0.25) is 5.88 Å². The zero-order chi connectivity index (χ0) is 25.8. The van der Waals surface area contributed by atoms with Crippen LogP contribution in [0.1, 0.15) is 30.3 Å². The van der Waals surface area contributed by atoms with Crippen molar-refractivity contribution in [2.24, 2.45) is 0 Å². The van der Waals surface area contributed by atoms with Crippen molar-refractivity contribution in [3.63, 3.8) is 0 Å². The van der Waals surface area contributed by atoms with Gasteiger partial charge in [-0.2, -0.15) is 0 Å². The van der Waals surface area contributed by atoms with E-state index < -0.39 is 18.2 Å². The maximum absolute atomic E-state index is 12.4. The van der Waals surface area contributed by atoms with Gasteiger partial charge < -0.3 is 24.9 Å². The number of rotatable bonds is 6. The van der Waals surface area contributed by atoms with Crippen LogP contribution in [0.2, 0.25) is 0 Å². The van der Waals surface area contributed by atoms with Crippen LogP contribution in [0.5, 0.6) is 5.88 Å². The van der Waals surface area contributed by atoms with Crippen molar-refractivity contribution in [2.45, 2.75) is 31.5 Å². The monoisotopic (exact) mass is 501 g/mol. The summed E-state index contributed by atoms with van der Waals surface area (Å²) in [5, 5.41) is 13.6. The van der Waals surface area contributed by atoms with Gasteiger partial charge in [-0.25, -0.2) is 19.6 Å². The molecule has 190 valence electrons. The molecule has 10 heteroatoms. The summed E-state index contributed by atoms with van der Waals surface area (Å²) >= 11 is 0. The summed E-state index contributed by atoms with van der Waals surface area (Å²) in [7, 11) is 1.55. The summed E-state index contributed by atoms with van der Waals surface area (Å²) in [6, 6.07) is 18.2. The fraction of sp³-hybridized carbons (Fsp3) is 0.259. The third kappa shape index (κ3) is 5.32. The molecule has 0 bridgehead atoms. The Morgan fingerprint density at radius 3 is 2.73 bits per heavy atom. The number of carbonyl (C=O) groups excluding carboxylic acids is 1. The highest BCUT2D eigenvalue weighted by atomic mass is 16.5. The highest BCUT2D eigenvalue weighted by molar-refractivity contribution is 5.85. The van der Waals surface area contributed by atoms with Crippen LogP contribution in [-0.2, 0) is 11.3 Å². The molecule has 0 saturated carbocycles. The molecule has 5 rings (SSSR count). The van der Waals surface area contributed by atoms with Crippen LogP contribution in [0.3, 0.4) is 0 Å². The van der Waals surface area contributed by atoms with E-state index in [0.29, 0.717) is 30.2 Å². The molecule has 37 heavy (non-hydrogen) atoms. The molecule has 0 radical (unpaired) electrons. The summed E-state index contributed by atoms with van der Waals surface area (Å²) in [5.74, 6) is 0.921. The predicted molar refractivity (Wildman–Crippen MR) is 136 cm³/mol. The number of H-pyrrole nitrogens is 1. The van der Waals surface area contributed by atoms with Gasteiger partial charge in [0.15, 0.2) is 0 Å². The number of likely N-dealkylation sites (tertiary alicyclic amines) is 1. The first-order valence-electron chi connectivity index (χ1n) is 12.0. The van der Waals surface area contributed by atoms with Gasteiger partial charge in [-0.3, -0.25) is 4.90 Å². The van der Waals surface area contributed by atoms with E-state index in [0.717, 1.165) is 22.0 Å². The standard InChI is InChI=1S/C27H27N5O5/c1-36-25-20(13-18-9-5-6-10-21(18)31-25)22-15-28-24(30-22)23-14-19(11-12-32(23)27(34)35)29-26(33)37-16-17-7-3-2-4-8-17/h2-10,13,15,19,23H,11-12,14,16H2,1H3,(H,28,30)(H,29,33)(H,34,35)/t19?,23-/m0/s1. The lowest BCUT2D eigenvalue weighted by Crippen LogP contribution is -2.48. The number of hydrogen-bond acceptors (Lipinski definition) is 6. The number of methoxy groups -OCH3 is 1. The first-order chi connectivity index (χ1) is 18.0. The number of hydrogen-bond donors (Lipinski definition) is 3. The summed E-state index contributed by atoms with van der Waals surface area (Å²) in [4.78, 5) is 38.1. The largest absolute Gasteiger partial charge is 0.480 e. The summed E-state index contributed by atoms with van der Waals surface area (Å²) < 4.78 is 10.9. The van der Waals surface area contributed by atoms with Crippen LogP contribution < -0.4 is 10.1 Å². The number of imidazole rings is 1. The van der Waals surface area contributed by atoms with Crippen LogP contribution in [0.4, 0.5) is 9.59 Å². The van der Waals surface area contributed by atoms with E-state index >= 15 is 0 Å². The van der Waals surface area contributed by atoms with Crippen LogP contribution in [0.25, 0.3) is 22.2 Å². The molecule has 1 saturated heterocycles. The molecule has 2 aromatic carbocycles. The number of carboxylic acid groups (broad SMARTS) is 1. The Kier molecular flexibility index (Phi) is 6.89. The molecular weight excluding hydrogens is 474 g/mol. The van der Waals surface area contributed by atoms with Gasteiger partial charge in [0, 0.05) is 18.0 Å². The Balaban J connectivity index is 1.33. The number of ether oxygens (including phenoxy) is 2. The highest BCUT2D eigenvalue weighted by Crippen LogP contribution is 2.34. The number of amides is 2. The Morgan fingerprint density at radius 2 is 1.95 bits per heavy atom. The molecule has 0 aliphatic carbocycles. The number of fused-ring (bicyclic) bond motifs is 1. The average Bonchev–Trinajstić information content (AvgIpc) is 3.42. The lowest BCUT2D eigenvalue weighted by Gasteiger charge is -2.36. The smallest absolute Gasteiger partial charge is 0.407 e. The topological polar surface area (TPSA) is 130 Å². The van der Waals surface area contributed by atoms with E-state index in [1.54, 1.807) is 13.3 Å². The molecule has 1 aliphatic heterocycles. The second kappa shape index (κ2) is 10.6. The molecule has 10 nitrogen and oxygen atoms in total. The number of aromatic amines is 1. The third-order valence-electron chi connectivity index (χ3n) is 6.47. The number of pyridine rings is 1. The SMILES string of the molecule is COc1nc2ccccc2cc1-c1cnc([C@@H]2CC(NC(=O)OCc3ccccc3)CCN2C(=O)O)[nH]1. The Bertz CT molecular complexity index is 1410. The summed E-state index contributed by atoms with van der Waals surface area (Å²) in [5.41, 5.74) is 3.07. The van der Waals surface area contributed by atoms with Crippen LogP contribution in [0, 0.1) is 0 Å². The molecular formula is C27H27N5O5. The minimum absolute atomic E-state index is 0.160. The maximum Gasteiger partial charge on any atom is 0.407 e. The van der Waals surface area contributed by atoms with Crippen molar-refractivity contribution in [3.8, 4) is 17.1 Å². The minimum atomic E-state index is -1.04. The lowest BCUT2D eigenvalue weighted by atomic mass is 9.97. The zero-order valence-corrected chi connectivity index (χ0v) is 20.3. The first-order valence-corrected chi connectivity index (χ1v) is 12.0. The van der Waals surface area contributed by atoms with Crippen LogP contribution in [-0.4, -0.2) is 56.8 Å². The molecule has 3 N–H and O–H groups in total. The van der Waals surface area contributed by atoms with Gasteiger partial charge in [-0.15, -0.1) is 0 Å². The van der Waals surface area contributed by atoms with Gasteiger partial charge in [-0.05, 0) is 30.5 Å². The molecule has 1 unspecified atom stereocenters. The number of benzene rings is 2. The minimum Gasteiger partial charge on any atom is -0.480 e. The molecule has 2 aromatic heterocycles. The highest BCUT2D eigenvalue weighted by Gasteiger charge is 2.35. The molecule has 2 amide bonds. The fourth-order valence-electron chi connectivity index (χ4n) is 4.61. The number of piperidine rings is 1. The fourth-order valence-corrected chi connectivity index (χ4v) is 4.61. The van der Waals surface area contributed by atoms with Crippen molar-refractivity contribution >= 4 is 23.1 Å². The van der Waals surface area contributed by atoms with Gasteiger partial charge >= 0.3 is 12.2 Å². The molecule has 0 spiro atoms. The third-order valence-corrected chi connectivity index (χ3v) is 6.47. The second-order valence-electron chi connectivity index (χ2n) is 8.84. The van der Waals surface area contributed by atoms with E-state index in [9.17, 15) is 14.7 Å². The van der Waals surface area contributed by atoms with Gasteiger partial charge in [-0.1, -0.05) is 48.5 Å². The van der Waals surface area contributed by atoms with Crippen molar-refractivity contribution in [2.75, 3.05) is 13.7 Å². The predicted octanol–water partition coefficient (Wildman–Crippen LogP) is 4.74. The zero-order valence-electron chi connectivity index (χ0n) is 20.3. The van der Waals surface area contributed by atoms with E-state index in [4.69, 9.17) is 9.47 Å². The van der Waals surface area contributed by atoms with E-state index in [2.05, 4.69) is 20.3 Å². The summed E-state index contributed by atoms with van der Waals surface area (Å²) in [6.45, 7) is 0.410. The summed E-state index contributed by atoms with van der Waals surface area (Å²) in [6.07, 6.45) is 0.891. The quantitative estimate of drug-likeness (QED) is 0.348. The number of carbonyl (C=O) groups is 2.